The van der Waals surface area contributed by atoms with Gasteiger partial charge in [-0.15, -0.1) is 11.3 Å². The number of rotatable bonds is 7. The molecule has 1 aliphatic rings. The summed E-state index contributed by atoms with van der Waals surface area (Å²) in [5, 5.41) is 4.27. The molecule has 0 unspecified atom stereocenters. The van der Waals surface area contributed by atoms with Crippen LogP contribution in [0.15, 0.2) is 48.5 Å². The summed E-state index contributed by atoms with van der Waals surface area (Å²) in [6.45, 7) is 6.21. The van der Waals surface area contributed by atoms with Crippen LogP contribution >= 0.6 is 11.3 Å². The monoisotopic (exact) mass is 409 g/mol. The Hall–Kier alpha value is -2.28. The Labute approximate surface area is 175 Å². The molecule has 0 saturated carbocycles. The molecule has 2 heterocycles. The van der Waals surface area contributed by atoms with Gasteiger partial charge in [0.25, 0.3) is 0 Å². The SMILES string of the molecule is Cc1ccc([C@H](CN2CCOCC2)NC(=O)CCc2nc3ccccc3s2)cc1. The lowest BCUT2D eigenvalue weighted by atomic mass is 10.0. The van der Waals surface area contributed by atoms with Gasteiger partial charge in [-0.25, -0.2) is 4.98 Å². The third kappa shape index (κ3) is 5.41. The summed E-state index contributed by atoms with van der Waals surface area (Å²) in [6, 6.07) is 16.5. The van der Waals surface area contributed by atoms with Crippen LogP contribution in [0, 0.1) is 6.92 Å². The van der Waals surface area contributed by atoms with E-state index in [-0.39, 0.29) is 11.9 Å². The molecule has 2 aromatic carbocycles. The lowest BCUT2D eigenvalue weighted by Gasteiger charge is -2.31. The molecule has 1 N–H and O–H groups in total. The van der Waals surface area contributed by atoms with Crippen LogP contribution in [0.5, 0.6) is 0 Å². The highest BCUT2D eigenvalue weighted by Crippen LogP contribution is 2.23. The maximum absolute atomic E-state index is 12.7. The highest BCUT2D eigenvalue weighted by molar-refractivity contribution is 7.18. The molecule has 1 saturated heterocycles. The number of ether oxygens (including phenoxy) is 1. The molecule has 0 spiro atoms. The van der Waals surface area contributed by atoms with Gasteiger partial charge in [0, 0.05) is 32.5 Å². The number of benzene rings is 2. The Bertz CT molecular complexity index is 915. The third-order valence-corrected chi connectivity index (χ3v) is 6.36. The molecular formula is C23H27N3O2S. The van der Waals surface area contributed by atoms with Crippen molar-refractivity contribution in [2.45, 2.75) is 25.8 Å². The molecule has 1 aliphatic heterocycles. The van der Waals surface area contributed by atoms with Gasteiger partial charge in [-0.3, -0.25) is 9.69 Å². The fraction of sp³-hybridized carbons (Fsp3) is 0.391. The van der Waals surface area contributed by atoms with Gasteiger partial charge in [0.15, 0.2) is 0 Å². The van der Waals surface area contributed by atoms with E-state index in [2.05, 4.69) is 52.5 Å². The number of hydrogen-bond acceptors (Lipinski definition) is 5. The summed E-state index contributed by atoms with van der Waals surface area (Å²) < 4.78 is 6.64. The van der Waals surface area contributed by atoms with Crippen molar-refractivity contribution in [3.63, 3.8) is 0 Å². The Morgan fingerprint density at radius 3 is 2.69 bits per heavy atom. The zero-order chi connectivity index (χ0) is 20.1. The number of aryl methyl sites for hydroxylation is 2. The van der Waals surface area contributed by atoms with Crippen molar-refractivity contribution in [2.75, 3.05) is 32.8 Å². The van der Waals surface area contributed by atoms with Crippen LogP contribution in [-0.2, 0) is 16.0 Å². The number of carbonyl (C=O) groups is 1. The van der Waals surface area contributed by atoms with Crippen molar-refractivity contribution < 1.29 is 9.53 Å². The fourth-order valence-electron chi connectivity index (χ4n) is 3.59. The molecular weight excluding hydrogens is 382 g/mol. The topological polar surface area (TPSA) is 54.5 Å². The van der Waals surface area contributed by atoms with Crippen molar-refractivity contribution in [2.24, 2.45) is 0 Å². The standard InChI is InChI=1S/C23H27N3O2S/c1-17-6-8-18(9-7-17)20(16-26-12-14-28-15-13-26)24-22(27)10-11-23-25-19-4-2-3-5-21(19)29-23/h2-9,20H,10-16H2,1H3,(H,24,27)/t20-/m0/s1. The normalized spacial score (nSPS) is 16.0. The van der Waals surface area contributed by atoms with Gasteiger partial charge < -0.3 is 10.1 Å². The molecule has 1 aromatic heterocycles. The second-order valence-electron chi connectivity index (χ2n) is 7.52. The minimum Gasteiger partial charge on any atom is -0.379 e. The minimum atomic E-state index is -0.0171. The van der Waals surface area contributed by atoms with E-state index < -0.39 is 0 Å². The second kappa shape index (κ2) is 9.48. The summed E-state index contributed by atoms with van der Waals surface area (Å²) in [7, 11) is 0. The summed E-state index contributed by atoms with van der Waals surface area (Å²) in [5.41, 5.74) is 3.38. The molecule has 152 valence electrons. The Balaban J connectivity index is 1.39. The highest BCUT2D eigenvalue weighted by atomic mass is 32.1. The van der Waals surface area contributed by atoms with Crippen molar-refractivity contribution in [3.8, 4) is 0 Å². The van der Waals surface area contributed by atoms with Crippen molar-refractivity contribution in [1.29, 1.82) is 0 Å². The van der Waals surface area contributed by atoms with Crippen LogP contribution in [0.4, 0.5) is 0 Å². The number of fused-ring (bicyclic) bond motifs is 1. The van der Waals surface area contributed by atoms with Crippen LogP contribution in [0.2, 0.25) is 0 Å². The summed E-state index contributed by atoms with van der Waals surface area (Å²) in [4.78, 5) is 19.8. The second-order valence-corrected chi connectivity index (χ2v) is 8.63. The van der Waals surface area contributed by atoms with Crippen molar-refractivity contribution in [3.05, 3.63) is 64.7 Å². The van der Waals surface area contributed by atoms with Crippen LogP contribution in [0.25, 0.3) is 10.2 Å². The molecule has 1 atom stereocenters. The number of morpholine rings is 1. The van der Waals surface area contributed by atoms with Gasteiger partial charge in [-0.1, -0.05) is 42.0 Å². The first-order chi connectivity index (χ1) is 14.2. The highest BCUT2D eigenvalue weighted by Gasteiger charge is 2.20. The van der Waals surface area contributed by atoms with E-state index in [1.54, 1.807) is 11.3 Å². The van der Waals surface area contributed by atoms with E-state index in [1.807, 2.05) is 18.2 Å². The first-order valence-corrected chi connectivity index (χ1v) is 11.0. The van der Waals surface area contributed by atoms with Gasteiger partial charge in [0.2, 0.25) is 5.91 Å². The molecule has 29 heavy (non-hydrogen) atoms. The number of para-hydroxylation sites is 1. The zero-order valence-electron chi connectivity index (χ0n) is 16.8. The molecule has 0 aliphatic carbocycles. The lowest BCUT2D eigenvalue weighted by molar-refractivity contribution is -0.122. The van der Waals surface area contributed by atoms with E-state index in [1.165, 1.54) is 10.3 Å². The quantitative estimate of drug-likeness (QED) is 0.646. The van der Waals surface area contributed by atoms with E-state index in [4.69, 9.17) is 4.74 Å². The number of nitrogens with one attached hydrogen (secondary N) is 1. The average molecular weight is 410 g/mol. The molecule has 5 nitrogen and oxygen atoms in total. The average Bonchev–Trinajstić information content (AvgIpc) is 3.16. The molecule has 3 aromatic rings. The number of hydrogen-bond donors (Lipinski definition) is 1. The number of nitrogens with zero attached hydrogens (tertiary/aromatic N) is 2. The summed E-state index contributed by atoms with van der Waals surface area (Å²) >= 11 is 1.67. The van der Waals surface area contributed by atoms with Crippen LogP contribution in [0.3, 0.4) is 0 Å². The first-order valence-electron chi connectivity index (χ1n) is 10.2. The molecule has 4 rings (SSSR count). The molecule has 1 amide bonds. The van der Waals surface area contributed by atoms with Gasteiger partial charge in [0.05, 0.1) is 34.5 Å². The number of amides is 1. The van der Waals surface area contributed by atoms with Crippen LogP contribution in [0.1, 0.15) is 28.6 Å². The van der Waals surface area contributed by atoms with E-state index >= 15 is 0 Å². The maximum Gasteiger partial charge on any atom is 0.220 e. The van der Waals surface area contributed by atoms with Gasteiger partial charge in [-0.2, -0.15) is 0 Å². The molecule has 1 fully saturated rings. The molecule has 0 radical (unpaired) electrons. The van der Waals surface area contributed by atoms with Gasteiger partial charge in [0.1, 0.15) is 0 Å². The van der Waals surface area contributed by atoms with E-state index in [9.17, 15) is 4.79 Å². The van der Waals surface area contributed by atoms with Gasteiger partial charge >= 0.3 is 0 Å². The van der Waals surface area contributed by atoms with E-state index in [0.717, 1.165) is 48.9 Å². The minimum absolute atomic E-state index is 0.0171. The first kappa shape index (κ1) is 20.0. The van der Waals surface area contributed by atoms with E-state index in [0.29, 0.717) is 12.8 Å². The Kier molecular flexibility index (Phi) is 6.54. The van der Waals surface area contributed by atoms with Crippen LogP contribution in [-0.4, -0.2) is 48.6 Å². The number of carbonyl (C=O) groups excluding carboxylic acids is 1. The maximum atomic E-state index is 12.7. The number of aromatic nitrogens is 1. The fourth-order valence-corrected chi connectivity index (χ4v) is 4.56. The lowest BCUT2D eigenvalue weighted by Crippen LogP contribution is -2.43. The van der Waals surface area contributed by atoms with Crippen molar-refractivity contribution in [1.82, 2.24) is 15.2 Å². The predicted molar refractivity (Wildman–Crippen MR) is 117 cm³/mol. The zero-order valence-corrected chi connectivity index (χ0v) is 17.6. The summed E-state index contributed by atoms with van der Waals surface area (Å²) in [5.74, 6) is 0.0723. The van der Waals surface area contributed by atoms with Crippen LogP contribution < -0.4 is 5.32 Å². The smallest absolute Gasteiger partial charge is 0.220 e. The molecule has 6 heteroatoms. The largest absolute Gasteiger partial charge is 0.379 e. The Morgan fingerprint density at radius 1 is 1.17 bits per heavy atom. The third-order valence-electron chi connectivity index (χ3n) is 5.26. The number of thiazole rings is 1. The summed E-state index contributed by atoms with van der Waals surface area (Å²) in [6.07, 6.45) is 1.12. The predicted octanol–water partition coefficient (Wildman–Crippen LogP) is 3.73. The molecule has 0 bridgehead atoms. The van der Waals surface area contributed by atoms with Gasteiger partial charge in [-0.05, 0) is 24.6 Å². The van der Waals surface area contributed by atoms with Crippen molar-refractivity contribution >= 4 is 27.5 Å². The Morgan fingerprint density at radius 2 is 1.93 bits per heavy atom.